The molecule has 11 heavy (non-hydrogen) atoms. The fraction of sp³-hybridized carbons (Fsp3) is 0.714. The van der Waals surface area contributed by atoms with Crippen LogP contribution >= 0.6 is 0 Å². The maximum absolute atomic E-state index is 10.2. The number of urea groups is 1. The molecule has 0 radical (unpaired) electrons. The summed E-state index contributed by atoms with van der Waals surface area (Å²) in [6.45, 7) is 7.87. The molecule has 0 saturated carbocycles. The maximum atomic E-state index is 10.2. The second kappa shape index (κ2) is 3.37. The monoisotopic (exact) mass is 157 g/mol. The van der Waals surface area contributed by atoms with E-state index in [-0.39, 0.29) is 5.41 Å². The molecule has 2 amide bonds. The molecule has 0 aromatic heterocycles. The first-order chi connectivity index (χ1) is 4.84. The molecule has 0 rings (SSSR count). The molecule has 0 saturated heterocycles. The number of hydrazone groups is 1. The standard InChI is InChI=1S/C7H15N3O/c1-5(7(2,3)4)9-10-6(8)11/h1-4H3,(H3,8,10,11). The molecule has 0 aromatic rings. The van der Waals surface area contributed by atoms with Gasteiger partial charge in [-0.05, 0) is 6.92 Å². The van der Waals surface area contributed by atoms with Gasteiger partial charge in [0.15, 0.2) is 0 Å². The van der Waals surface area contributed by atoms with Gasteiger partial charge in [0, 0.05) is 11.1 Å². The van der Waals surface area contributed by atoms with Crippen molar-refractivity contribution >= 4 is 11.7 Å². The second-order valence-electron chi connectivity index (χ2n) is 3.42. The number of rotatable bonds is 1. The highest BCUT2D eigenvalue weighted by Gasteiger charge is 2.13. The van der Waals surface area contributed by atoms with Crippen molar-refractivity contribution in [1.82, 2.24) is 5.43 Å². The molecule has 4 nitrogen and oxygen atoms in total. The van der Waals surface area contributed by atoms with Crippen LogP contribution in [0.15, 0.2) is 5.10 Å². The van der Waals surface area contributed by atoms with Crippen molar-refractivity contribution in [1.29, 1.82) is 0 Å². The van der Waals surface area contributed by atoms with Gasteiger partial charge in [0.1, 0.15) is 0 Å². The lowest BCUT2D eigenvalue weighted by atomic mass is 9.91. The van der Waals surface area contributed by atoms with Crippen LogP contribution in [0.2, 0.25) is 0 Å². The zero-order valence-corrected chi connectivity index (χ0v) is 7.43. The third-order valence-electron chi connectivity index (χ3n) is 1.42. The van der Waals surface area contributed by atoms with Gasteiger partial charge >= 0.3 is 6.03 Å². The summed E-state index contributed by atoms with van der Waals surface area (Å²) in [5, 5.41) is 3.79. The fourth-order valence-corrected chi connectivity index (χ4v) is 0.307. The van der Waals surface area contributed by atoms with Crippen molar-refractivity contribution in [3.63, 3.8) is 0 Å². The Morgan fingerprint density at radius 1 is 1.45 bits per heavy atom. The second-order valence-corrected chi connectivity index (χ2v) is 3.42. The first-order valence-corrected chi connectivity index (χ1v) is 3.44. The summed E-state index contributed by atoms with van der Waals surface area (Å²) in [5.74, 6) is 0. The molecule has 0 unspecified atom stereocenters. The molecule has 3 N–H and O–H groups in total. The lowest BCUT2D eigenvalue weighted by molar-refractivity contribution is 0.249. The van der Waals surface area contributed by atoms with Gasteiger partial charge < -0.3 is 5.73 Å². The van der Waals surface area contributed by atoms with E-state index in [1.807, 2.05) is 27.7 Å². The Labute approximate surface area is 66.8 Å². The molecule has 0 aliphatic heterocycles. The number of carbonyl (C=O) groups excluding carboxylic acids is 1. The molecule has 0 spiro atoms. The highest BCUT2D eigenvalue weighted by Crippen LogP contribution is 2.14. The first-order valence-electron chi connectivity index (χ1n) is 3.44. The van der Waals surface area contributed by atoms with Crippen LogP contribution in [0.25, 0.3) is 0 Å². The normalized spacial score (nSPS) is 12.9. The van der Waals surface area contributed by atoms with Crippen molar-refractivity contribution < 1.29 is 4.79 Å². The minimum absolute atomic E-state index is 0.0253. The van der Waals surface area contributed by atoms with Crippen molar-refractivity contribution in [2.24, 2.45) is 16.3 Å². The van der Waals surface area contributed by atoms with Gasteiger partial charge in [-0.2, -0.15) is 5.10 Å². The Morgan fingerprint density at radius 3 is 2.18 bits per heavy atom. The minimum Gasteiger partial charge on any atom is -0.350 e. The summed E-state index contributed by atoms with van der Waals surface area (Å²) < 4.78 is 0. The minimum atomic E-state index is -0.631. The van der Waals surface area contributed by atoms with Crippen LogP contribution < -0.4 is 11.2 Å². The number of hydrogen-bond donors (Lipinski definition) is 2. The lowest BCUT2D eigenvalue weighted by Gasteiger charge is -2.17. The van der Waals surface area contributed by atoms with Crippen LogP contribution in [0.4, 0.5) is 4.79 Å². The average molecular weight is 157 g/mol. The van der Waals surface area contributed by atoms with E-state index < -0.39 is 6.03 Å². The lowest BCUT2D eigenvalue weighted by Crippen LogP contribution is -2.28. The summed E-state index contributed by atoms with van der Waals surface area (Å²) in [7, 11) is 0. The Morgan fingerprint density at radius 2 is 1.91 bits per heavy atom. The summed E-state index contributed by atoms with van der Waals surface area (Å²) in [6.07, 6.45) is 0. The number of nitrogens with one attached hydrogen (secondary N) is 1. The van der Waals surface area contributed by atoms with E-state index in [1.54, 1.807) is 0 Å². The predicted molar refractivity (Wildman–Crippen MR) is 45.3 cm³/mol. The summed E-state index contributed by atoms with van der Waals surface area (Å²) in [5.41, 5.74) is 7.82. The molecular formula is C7H15N3O. The topological polar surface area (TPSA) is 67.5 Å². The van der Waals surface area contributed by atoms with E-state index in [9.17, 15) is 4.79 Å². The third-order valence-corrected chi connectivity index (χ3v) is 1.42. The van der Waals surface area contributed by atoms with E-state index in [1.165, 1.54) is 0 Å². The maximum Gasteiger partial charge on any atom is 0.332 e. The molecule has 0 atom stereocenters. The van der Waals surface area contributed by atoms with E-state index in [4.69, 9.17) is 5.73 Å². The van der Waals surface area contributed by atoms with Crippen LogP contribution in [-0.2, 0) is 0 Å². The van der Waals surface area contributed by atoms with Crippen LogP contribution in [0, 0.1) is 5.41 Å². The van der Waals surface area contributed by atoms with Crippen molar-refractivity contribution in [3.05, 3.63) is 0 Å². The highest BCUT2D eigenvalue weighted by molar-refractivity contribution is 5.87. The first kappa shape index (κ1) is 9.94. The highest BCUT2D eigenvalue weighted by atomic mass is 16.2. The summed E-state index contributed by atoms with van der Waals surface area (Å²) in [4.78, 5) is 10.2. The van der Waals surface area contributed by atoms with Gasteiger partial charge in [0.2, 0.25) is 0 Å². The van der Waals surface area contributed by atoms with E-state index in [0.717, 1.165) is 5.71 Å². The summed E-state index contributed by atoms with van der Waals surface area (Å²) >= 11 is 0. The number of carbonyl (C=O) groups is 1. The van der Waals surface area contributed by atoms with E-state index >= 15 is 0 Å². The quantitative estimate of drug-likeness (QED) is 0.434. The van der Waals surface area contributed by atoms with Crippen LogP contribution in [0.1, 0.15) is 27.7 Å². The Hall–Kier alpha value is -1.06. The van der Waals surface area contributed by atoms with E-state index in [2.05, 4.69) is 10.5 Å². The molecule has 4 heteroatoms. The largest absolute Gasteiger partial charge is 0.350 e. The van der Waals surface area contributed by atoms with Gasteiger partial charge in [0.05, 0.1) is 0 Å². The zero-order chi connectivity index (χ0) is 9.07. The zero-order valence-electron chi connectivity index (χ0n) is 7.43. The smallest absolute Gasteiger partial charge is 0.332 e. The van der Waals surface area contributed by atoms with Gasteiger partial charge in [-0.15, -0.1) is 0 Å². The number of nitrogens with zero attached hydrogens (tertiary/aromatic N) is 1. The van der Waals surface area contributed by atoms with Crippen molar-refractivity contribution in [2.75, 3.05) is 0 Å². The molecule has 0 aliphatic carbocycles. The van der Waals surface area contributed by atoms with Crippen molar-refractivity contribution in [2.45, 2.75) is 27.7 Å². The molecule has 0 heterocycles. The van der Waals surface area contributed by atoms with Crippen LogP contribution in [-0.4, -0.2) is 11.7 Å². The third kappa shape index (κ3) is 4.36. The predicted octanol–water partition coefficient (Wildman–Crippen LogP) is 1.08. The van der Waals surface area contributed by atoms with Gasteiger partial charge in [0.25, 0.3) is 0 Å². The van der Waals surface area contributed by atoms with Crippen LogP contribution in [0.3, 0.4) is 0 Å². The Bertz CT molecular complexity index is 179. The number of primary amides is 1. The number of hydrogen-bond acceptors (Lipinski definition) is 2. The SMILES string of the molecule is CC(=NNC(N)=O)C(C)(C)C. The Balaban J connectivity index is 4.12. The summed E-state index contributed by atoms with van der Waals surface area (Å²) in [6, 6.07) is -0.631. The number of amides is 2. The van der Waals surface area contributed by atoms with Crippen molar-refractivity contribution in [3.8, 4) is 0 Å². The molecule has 0 aliphatic rings. The number of nitrogens with two attached hydrogens (primary N) is 1. The van der Waals surface area contributed by atoms with Crippen LogP contribution in [0.5, 0.6) is 0 Å². The Kier molecular flexibility index (Phi) is 3.04. The average Bonchev–Trinajstić information content (AvgIpc) is 1.80. The molecule has 0 fully saturated rings. The fourth-order valence-electron chi connectivity index (χ4n) is 0.307. The molecular weight excluding hydrogens is 142 g/mol. The molecule has 0 bridgehead atoms. The molecule has 64 valence electrons. The van der Waals surface area contributed by atoms with Gasteiger partial charge in [-0.1, -0.05) is 20.8 Å². The van der Waals surface area contributed by atoms with Gasteiger partial charge in [-0.3, -0.25) is 0 Å². The molecule has 0 aromatic carbocycles. The van der Waals surface area contributed by atoms with E-state index in [0.29, 0.717) is 0 Å². The van der Waals surface area contributed by atoms with Gasteiger partial charge in [-0.25, -0.2) is 10.2 Å².